The van der Waals surface area contributed by atoms with Crippen LogP contribution in [0.1, 0.15) is 5.56 Å². The van der Waals surface area contributed by atoms with Gasteiger partial charge in [-0.2, -0.15) is 0 Å². The molecule has 0 aliphatic heterocycles. The van der Waals surface area contributed by atoms with Crippen LogP contribution in [0.15, 0.2) is 48.5 Å². The second-order valence-corrected chi connectivity index (χ2v) is 6.10. The molecule has 0 bridgehead atoms. The maximum atomic E-state index is 2.29. The van der Waals surface area contributed by atoms with Crippen molar-refractivity contribution >= 4 is 50.0 Å². The minimum absolute atomic E-state index is 0. The quantitative estimate of drug-likeness (QED) is 0.654. The van der Waals surface area contributed by atoms with Crippen LogP contribution in [-0.2, 0) is 0 Å². The lowest BCUT2D eigenvalue weighted by atomic mass is 10.1. The molecule has 1 aromatic heterocycles. The van der Waals surface area contributed by atoms with Gasteiger partial charge in [0.25, 0.3) is 0 Å². The summed E-state index contributed by atoms with van der Waals surface area (Å²) in [5.41, 5.74) is 1.28. The Labute approximate surface area is 129 Å². The van der Waals surface area contributed by atoms with Crippen molar-refractivity contribution in [1.82, 2.24) is 4.90 Å². The zero-order chi connectivity index (χ0) is 13.2. The summed E-state index contributed by atoms with van der Waals surface area (Å²) in [5.74, 6) is 0. The summed E-state index contributed by atoms with van der Waals surface area (Å²) in [6.45, 7) is 0.975. The van der Waals surface area contributed by atoms with E-state index in [0.717, 1.165) is 6.54 Å². The topological polar surface area (TPSA) is 3.24 Å². The lowest BCUT2D eigenvalue weighted by molar-refractivity contribution is 0.457. The van der Waals surface area contributed by atoms with Crippen molar-refractivity contribution in [3.05, 3.63) is 54.1 Å². The van der Waals surface area contributed by atoms with E-state index in [-0.39, 0.29) is 12.4 Å². The molecule has 2 aromatic carbocycles. The molecule has 1 nitrogen and oxygen atoms in total. The Balaban J connectivity index is 0.00000147. The lowest BCUT2D eigenvalue weighted by Crippen LogP contribution is -2.10. The van der Waals surface area contributed by atoms with Gasteiger partial charge in [0.2, 0.25) is 0 Å². The van der Waals surface area contributed by atoms with Gasteiger partial charge in [0.15, 0.2) is 0 Å². The Kier molecular flexibility index (Phi) is 4.81. The molecule has 3 rings (SSSR count). The Bertz CT molecular complexity index is 743. The summed E-state index contributed by atoms with van der Waals surface area (Å²) in [7, 11) is 4.17. The summed E-state index contributed by atoms with van der Waals surface area (Å²) in [5, 5.41) is 2.73. The molecule has 0 spiro atoms. The number of hydrogen-bond acceptors (Lipinski definition) is 2. The SMILES string of the molecule is CN(C)CC=Cc1ccc2sc3ccccc3c2c1.Cl. The smallest absolute Gasteiger partial charge is 0.0355 e. The minimum atomic E-state index is 0. The minimum Gasteiger partial charge on any atom is -0.306 e. The zero-order valence-electron chi connectivity index (χ0n) is 11.7. The van der Waals surface area contributed by atoms with E-state index in [2.05, 4.69) is 73.6 Å². The first-order valence-electron chi connectivity index (χ1n) is 6.46. The Hall–Kier alpha value is -1.35. The Morgan fingerprint density at radius 2 is 1.75 bits per heavy atom. The molecule has 104 valence electrons. The van der Waals surface area contributed by atoms with E-state index in [1.54, 1.807) is 0 Å². The van der Waals surface area contributed by atoms with E-state index < -0.39 is 0 Å². The normalized spacial score (nSPS) is 11.6. The van der Waals surface area contributed by atoms with Crippen LogP contribution in [0.3, 0.4) is 0 Å². The highest BCUT2D eigenvalue weighted by Crippen LogP contribution is 2.34. The number of benzene rings is 2. The van der Waals surface area contributed by atoms with Crippen LogP contribution in [0, 0.1) is 0 Å². The van der Waals surface area contributed by atoms with Gasteiger partial charge in [0, 0.05) is 26.7 Å². The summed E-state index contributed by atoms with van der Waals surface area (Å²) in [6.07, 6.45) is 4.40. The second kappa shape index (κ2) is 6.40. The number of hydrogen-bond donors (Lipinski definition) is 0. The molecule has 0 aliphatic rings. The van der Waals surface area contributed by atoms with Gasteiger partial charge in [-0.15, -0.1) is 23.7 Å². The molecule has 3 heteroatoms. The molecule has 20 heavy (non-hydrogen) atoms. The van der Waals surface area contributed by atoms with Crippen molar-refractivity contribution in [2.75, 3.05) is 20.6 Å². The highest BCUT2D eigenvalue weighted by molar-refractivity contribution is 7.25. The Morgan fingerprint density at radius 3 is 2.55 bits per heavy atom. The van der Waals surface area contributed by atoms with Crippen LogP contribution < -0.4 is 0 Å². The van der Waals surface area contributed by atoms with Crippen LogP contribution in [0.4, 0.5) is 0 Å². The number of fused-ring (bicyclic) bond motifs is 3. The first-order valence-corrected chi connectivity index (χ1v) is 7.28. The van der Waals surface area contributed by atoms with E-state index in [1.165, 1.54) is 25.7 Å². The lowest BCUT2D eigenvalue weighted by Gasteiger charge is -2.03. The van der Waals surface area contributed by atoms with Gasteiger partial charge in [-0.25, -0.2) is 0 Å². The molecule has 0 saturated heterocycles. The molecule has 1 heterocycles. The molecule has 0 N–H and O–H groups in total. The fraction of sp³-hybridized carbons (Fsp3) is 0.176. The first kappa shape index (κ1) is 15.0. The van der Waals surface area contributed by atoms with Crippen molar-refractivity contribution in [3.8, 4) is 0 Å². The van der Waals surface area contributed by atoms with E-state index >= 15 is 0 Å². The van der Waals surface area contributed by atoms with Gasteiger partial charge in [0.1, 0.15) is 0 Å². The summed E-state index contributed by atoms with van der Waals surface area (Å²) >= 11 is 1.87. The monoisotopic (exact) mass is 303 g/mol. The third-order valence-corrected chi connectivity index (χ3v) is 4.33. The van der Waals surface area contributed by atoms with Crippen LogP contribution >= 0.6 is 23.7 Å². The molecule has 0 radical (unpaired) electrons. The Morgan fingerprint density at radius 1 is 1.00 bits per heavy atom. The number of nitrogens with zero attached hydrogens (tertiary/aromatic N) is 1. The van der Waals surface area contributed by atoms with Crippen molar-refractivity contribution in [2.24, 2.45) is 0 Å². The van der Waals surface area contributed by atoms with E-state index in [1.807, 2.05) is 11.3 Å². The molecular weight excluding hydrogens is 286 g/mol. The van der Waals surface area contributed by atoms with Crippen molar-refractivity contribution < 1.29 is 0 Å². The average molecular weight is 304 g/mol. The van der Waals surface area contributed by atoms with Crippen molar-refractivity contribution in [3.63, 3.8) is 0 Å². The maximum Gasteiger partial charge on any atom is 0.0355 e. The zero-order valence-corrected chi connectivity index (χ0v) is 13.3. The fourth-order valence-corrected chi connectivity index (χ4v) is 3.33. The number of halogens is 1. The molecule has 0 atom stereocenters. The highest BCUT2D eigenvalue weighted by Gasteiger charge is 2.03. The molecule has 0 unspecified atom stereocenters. The number of thiophene rings is 1. The number of likely N-dealkylation sites (N-methyl/N-ethyl adjacent to an activating group) is 1. The summed E-state index contributed by atoms with van der Waals surface area (Å²) in [4.78, 5) is 2.16. The largest absolute Gasteiger partial charge is 0.306 e. The molecule has 3 aromatic rings. The summed E-state index contributed by atoms with van der Waals surface area (Å²) < 4.78 is 2.73. The van der Waals surface area contributed by atoms with Crippen LogP contribution in [0.2, 0.25) is 0 Å². The third kappa shape index (κ3) is 3.04. The second-order valence-electron chi connectivity index (χ2n) is 5.02. The molecule has 0 fully saturated rings. The molecule has 0 saturated carbocycles. The fourth-order valence-electron chi connectivity index (χ4n) is 2.25. The van der Waals surface area contributed by atoms with Gasteiger partial charge >= 0.3 is 0 Å². The standard InChI is InChI=1S/C17H17NS.ClH/c1-18(2)11-5-6-13-9-10-17-15(12-13)14-7-3-4-8-16(14)19-17;/h3-10,12H,11H2,1-2H3;1H. The van der Waals surface area contributed by atoms with Gasteiger partial charge in [-0.3, -0.25) is 0 Å². The van der Waals surface area contributed by atoms with Crippen molar-refractivity contribution in [2.45, 2.75) is 0 Å². The van der Waals surface area contributed by atoms with Crippen LogP contribution in [0.25, 0.3) is 26.2 Å². The van der Waals surface area contributed by atoms with Gasteiger partial charge < -0.3 is 4.90 Å². The number of rotatable bonds is 3. The average Bonchev–Trinajstić information content (AvgIpc) is 2.76. The van der Waals surface area contributed by atoms with E-state index in [9.17, 15) is 0 Å². The summed E-state index contributed by atoms with van der Waals surface area (Å²) in [6, 6.07) is 15.3. The first-order chi connectivity index (χ1) is 9.24. The van der Waals surface area contributed by atoms with Crippen LogP contribution in [-0.4, -0.2) is 25.5 Å². The molecule has 0 amide bonds. The predicted octanol–water partition coefficient (Wildman–Crippen LogP) is 5.05. The van der Waals surface area contributed by atoms with Gasteiger partial charge in [0.05, 0.1) is 0 Å². The van der Waals surface area contributed by atoms with Crippen LogP contribution in [0.5, 0.6) is 0 Å². The molecular formula is C17H18ClNS. The third-order valence-electron chi connectivity index (χ3n) is 3.18. The van der Waals surface area contributed by atoms with E-state index in [0.29, 0.717) is 0 Å². The van der Waals surface area contributed by atoms with Gasteiger partial charge in [-0.1, -0.05) is 36.4 Å². The van der Waals surface area contributed by atoms with Crippen molar-refractivity contribution in [1.29, 1.82) is 0 Å². The predicted molar refractivity (Wildman–Crippen MR) is 94.2 cm³/mol. The molecule has 0 aliphatic carbocycles. The maximum absolute atomic E-state index is 2.29. The van der Waals surface area contributed by atoms with Gasteiger partial charge in [-0.05, 0) is 37.9 Å². The van der Waals surface area contributed by atoms with E-state index in [4.69, 9.17) is 0 Å². The highest BCUT2D eigenvalue weighted by atomic mass is 35.5.